The molecule has 0 fully saturated rings. The van der Waals surface area contributed by atoms with Gasteiger partial charge in [0.05, 0.1) is 10.5 Å². The van der Waals surface area contributed by atoms with Crippen LogP contribution in [0.25, 0.3) is 11.2 Å². The molecular weight excluding hydrogens is 438 g/mol. The van der Waals surface area contributed by atoms with Crippen molar-refractivity contribution >= 4 is 27.2 Å². The summed E-state index contributed by atoms with van der Waals surface area (Å²) in [5.74, 6) is -0.521. The Morgan fingerprint density at radius 2 is 1.94 bits per heavy atom. The Bertz CT molecular complexity index is 1430. The number of carbonyl (C=O) groups is 1. The van der Waals surface area contributed by atoms with Crippen LogP contribution >= 0.6 is 0 Å². The maximum absolute atomic E-state index is 12.6. The molecule has 3 rings (SSSR count). The van der Waals surface area contributed by atoms with Gasteiger partial charge in [-0.3, -0.25) is 14.3 Å². The molecule has 0 saturated carbocycles. The third-order valence-electron chi connectivity index (χ3n) is 5.34. The first kappa shape index (κ1) is 23.4. The molecule has 2 heterocycles. The predicted octanol–water partition coefficient (Wildman–Crippen LogP) is 0.845. The summed E-state index contributed by atoms with van der Waals surface area (Å²) < 4.78 is 31.8. The summed E-state index contributed by atoms with van der Waals surface area (Å²) >= 11 is 0. The second-order valence-electron chi connectivity index (χ2n) is 7.56. The van der Waals surface area contributed by atoms with Crippen molar-refractivity contribution in [3.05, 3.63) is 55.5 Å². The Kier molecular flexibility index (Phi) is 6.37. The molecule has 0 amide bonds. The van der Waals surface area contributed by atoms with Gasteiger partial charge in [-0.25, -0.2) is 28.1 Å². The van der Waals surface area contributed by atoms with Gasteiger partial charge in [-0.1, -0.05) is 13.3 Å². The minimum absolute atomic E-state index is 0.0218. The molecular formula is C20H25N5O6S. The predicted molar refractivity (Wildman–Crippen MR) is 117 cm³/mol. The quantitative estimate of drug-likeness (QED) is 0.491. The van der Waals surface area contributed by atoms with Crippen LogP contribution in [-0.2, 0) is 35.0 Å². The van der Waals surface area contributed by atoms with E-state index in [4.69, 9.17) is 9.88 Å². The first-order chi connectivity index (χ1) is 15.0. The van der Waals surface area contributed by atoms with Gasteiger partial charge in [-0.05, 0) is 43.5 Å². The minimum atomic E-state index is -4.02. The average molecular weight is 464 g/mol. The molecule has 2 aromatic heterocycles. The van der Waals surface area contributed by atoms with Crippen molar-refractivity contribution in [3.8, 4) is 0 Å². The lowest BCUT2D eigenvalue weighted by Gasteiger charge is -2.10. The molecule has 32 heavy (non-hydrogen) atoms. The number of nitrogens with one attached hydrogen (secondary N) is 1. The number of hydrogen-bond donors (Lipinski definition) is 2. The van der Waals surface area contributed by atoms with Crippen molar-refractivity contribution < 1.29 is 17.9 Å². The smallest absolute Gasteiger partial charge is 0.338 e. The summed E-state index contributed by atoms with van der Waals surface area (Å²) in [6, 6.07) is 2.68. The number of imidazole rings is 1. The topological polar surface area (TPSA) is 159 Å². The number of carbonyl (C=O) groups excluding carboxylic acids is 1. The second kappa shape index (κ2) is 8.71. The van der Waals surface area contributed by atoms with E-state index in [1.165, 1.54) is 21.3 Å². The second-order valence-corrected chi connectivity index (χ2v) is 9.09. The van der Waals surface area contributed by atoms with Crippen molar-refractivity contribution in [1.82, 2.24) is 19.1 Å². The van der Waals surface area contributed by atoms with Crippen molar-refractivity contribution in [2.45, 2.75) is 51.7 Å². The van der Waals surface area contributed by atoms with Crippen LogP contribution < -0.4 is 16.4 Å². The zero-order valence-electron chi connectivity index (χ0n) is 18.3. The molecule has 0 unspecified atom stereocenters. The van der Waals surface area contributed by atoms with Crippen LogP contribution in [0.1, 0.15) is 47.1 Å². The summed E-state index contributed by atoms with van der Waals surface area (Å²) in [5.41, 5.74) is 0.299. The fraction of sp³-hybridized carbons (Fsp3) is 0.400. The molecule has 0 aliphatic rings. The Hall–Kier alpha value is -3.25. The number of rotatable bonds is 7. The van der Waals surface area contributed by atoms with E-state index in [0.29, 0.717) is 17.7 Å². The Morgan fingerprint density at radius 3 is 2.56 bits per heavy atom. The first-order valence-electron chi connectivity index (χ1n) is 9.95. The van der Waals surface area contributed by atoms with Crippen LogP contribution in [0, 0.1) is 13.8 Å². The molecule has 0 aliphatic heterocycles. The molecule has 0 radical (unpaired) electrons. The lowest BCUT2D eigenvalue weighted by atomic mass is 10.1. The maximum Gasteiger partial charge on any atom is 0.338 e. The fourth-order valence-electron chi connectivity index (χ4n) is 3.40. The number of esters is 1. The monoisotopic (exact) mass is 463 g/mol. The number of fused-ring (bicyclic) bond motifs is 1. The number of nitrogens with two attached hydrogens (primary N) is 1. The van der Waals surface area contributed by atoms with E-state index >= 15 is 0 Å². The summed E-state index contributed by atoms with van der Waals surface area (Å²) in [6.45, 7) is 5.33. The van der Waals surface area contributed by atoms with Crippen LogP contribution in [0.3, 0.4) is 0 Å². The van der Waals surface area contributed by atoms with Crippen LogP contribution in [0.5, 0.6) is 0 Å². The molecule has 0 saturated heterocycles. The van der Waals surface area contributed by atoms with E-state index in [-0.39, 0.29) is 34.1 Å². The van der Waals surface area contributed by atoms with Crippen molar-refractivity contribution in [3.63, 3.8) is 0 Å². The number of nitrogens with zero attached hydrogens (tertiary/aromatic N) is 3. The highest BCUT2D eigenvalue weighted by Gasteiger charge is 2.20. The number of ether oxygens (including phenoxy) is 1. The number of aromatic amines is 1. The van der Waals surface area contributed by atoms with Gasteiger partial charge in [-0.15, -0.1) is 0 Å². The number of primary sulfonamides is 1. The summed E-state index contributed by atoms with van der Waals surface area (Å²) in [5, 5.41) is 5.24. The van der Waals surface area contributed by atoms with Crippen LogP contribution in [0.15, 0.2) is 26.6 Å². The van der Waals surface area contributed by atoms with Crippen LogP contribution in [0.2, 0.25) is 0 Å². The highest BCUT2D eigenvalue weighted by Crippen LogP contribution is 2.21. The SMILES string of the molecule is CCCCn1c(=O)[nH]c(=O)c2c1nc(COC(=O)c1cc(C)c(C)c(S(N)(=O)=O)c1)n2C. The standard InChI is InChI=1S/C20H25N5O6S/c1-5-6-7-25-17-16(18(26)23-20(25)28)24(4)15(22-17)10-31-19(27)13-8-11(2)12(3)14(9-13)32(21,29)30/h8-9H,5-7,10H2,1-4H3,(H2,21,29,30)(H,23,26,28). The number of hydrogen-bond acceptors (Lipinski definition) is 7. The zero-order valence-corrected chi connectivity index (χ0v) is 19.1. The molecule has 1 aromatic carbocycles. The minimum Gasteiger partial charge on any atom is -0.454 e. The molecule has 12 heteroatoms. The van der Waals surface area contributed by atoms with Crippen LogP contribution in [0.4, 0.5) is 0 Å². The molecule has 172 valence electrons. The molecule has 0 spiro atoms. The van der Waals surface area contributed by atoms with Crippen molar-refractivity contribution in [2.75, 3.05) is 0 Å². The normalized spacial score (nSPS) is 11.8. The number of sulfonamides is 1. The van der Waals surface area contributed by atoms with E-state index in [0.717, 1.165) is 12.8 Å². The Morgan fingerprint density at radius 1 is 1.25 bits per heavy atom. The van der Waals surface area contributed by atoms with E-state index < -0.39 is 27.2 Å². The number of benzene rings is 1. The van der Waals surface area contributed by atoms with E-state index in [2.05, 4.69) is 9.97 Å². The molecule has 0 aliphatic carbocycles. The summed E-state index contributed by atoms with van der Waals surface area (Å²) in [6.07, 6.45) is 1.57. The van der Waals surface area contributed by atoms with Gasteiger partial charge >= 0.3 is 11.7 Å². The molecule has 3 N–H and O–H groups in total. The highest BCUT2D eigenvalue weighted by molar-refractivity contribution is 7.89. The number of unbranched alkanes of at least 4 members (excludes halogenated alkanes) is 1. The van der Waals surface area contributed by atoms with Gasteiger partial charge < -0.3 is 9.30 Å². The maximum atomic E-state index is 12.6. The van der Waals surface area contributed by atoms with Crippen LogP contribution in [-0.4, -0.2) is 33.5 Å². The van der Waals surface area contributed by atoms with Gasteiger partial charge in [0.1, 0.15) is 12.4 Å². The third-order valence-corrected chi connectivity index (χ3v) is 6.37. The third kappa shape index (κ3) is 4.36. The lowest BCUT2D eigenvalue weighted by Crippen LogP contribution is -2.31. The molecule has 11 nitrogen and oxygen atoms in total. The Labute approximate surface area is 183 Å². The molecule has 0 bridgehead atoms. The van der Waals surface area contributed by atoms with Gasteiger partial charge in [0.25, 0.3) is 5.56 Å². The van der Waals surface area contributed by atoms with Crippen molar-refractivity contribution in [1.29, 1.82) is 0 Å². The molecule has 3 aromatic rings. The van der Waals surface area contributed by atoms with Gasteiger partial charge in [0.2, 0.25) is 10.0 Å². The average Bonchev–Trinajstić information content (AvgIpc) is 3.03. The summed E-state index contributed by atoms with van der Waals surface area (Å²) in [4.78, 5) is 43.6. The number of H-pyrrole nitrogens is 1. The van der Waals surface area contributed by atoms with Gasteiger partial charge in [0.15, 0.2) is 11.2 Å². The zero-order chi connectivity index (χ0) is 23.8. The fourth-order valence-corrected chi connectivity index (χ4v) is 4.28. The van der Waals surface area contributed by atoms with E-state index in [1.54, 1.807) is 20.9 Å². The van der Waals surface area contributed by atoms with Gasteiger partial charge in [0, 0.05) is 13.6 Å². The summed E-state index contributed by atoms with van der Waals surface area (Å²) in [7, 11) is -2.44. The van der Waals surface area contributed by atoms with E-state index in [9.17, 15) is 22.8 Å². The van der Waals surface area contributed by atoms with E-state index in [1.807, 2.05) is 6.92 Å². The first-order valence-corrected chi connectivity index (χ1v) is 11.5. The number of aryl methyl sites for hydroxylation is 3. The number of aromatic nitrogens is 4. The largest absolute Gasteiger partial charge is 0.454 e. The lowest BCUT2D eigenvalue weighted by molar-refractivity contribution is 0.0459. The highest BCUT2D eigenvalue weighted by atomic mass is 32.2. The van der Waals surface area contributed by atoms with Crippen molar-refractivity contribution in [2.24, 2.45) is 12.2 Å². The molecule has 0 atom stereocenters. The van der Waals surface area contributed by atoms with Gasteiger partial charge in [-0.2, -0.15) is 0 Å². The Balaban J connectivity index is 1.95.